The van der Waals surface area contributed by atoms with E-state index in [0.717, 1.165) is 13.0 Å². The second-order valence-corrected chi connectivity index (χ2v) is 3.93. The Kier molecular flexibility index (Phi) is 5.65. The van der Waals surface area contributed by atoms with Gasteiger partial charge in [-0.25, -0.2) is 0 Å². The molecule has 1 unspecified atom stereocenters. The Bertz CT molecular complexity index is 191. The van der Waals surface area contributed by atoms with Crippen molar-refractivity contribution in [1.82, 2.24) is 10.2 Å². The van der Waals surface area contributed by atoms with Crippen LogP contribution in [0.15, 0.2) is 0 Å². The average molecular weight is 214 g/mol. The van der Waals surface area contributed by atoms with E-state index in [1.807, 2.05) is 14.0 Å². The van der Waals surface area contributed by atoms with Gasteiger partial charge in [0.05, 0.1) is 6.61 Å². The van der Waals surface area contributed by atoms with Crippen LogP contribution in [0.3, 0.4) is 0 Å². The van der Waals surface area contributed by atoms with E-state index in [-0.39, 0.29) is 12.0 Å². The van der Waals surface area contributed by atoms with Gasteiger partial charge in [0.2, 0.25) is 0 Å². The molecule has 0 amide bonds. The van der Waals surface area contributed by atoms with Crippen LogP contribution >= 0.6 is 0 Å². The molecule has 1 N–H and O–H groups in total. The third kappa shape index (κ3) is 4.18. The van der Waals surface area contributed by atoms with Crippen molar-refractivity contribution in [2.75, 3.05) is 33.3 Å². The first-order chi connectivity index (χ1) is 7.27. The lowest BCUT2D eigenvalue weighted by Crippen LogP contribution is -2.38. The van der Waals surface area contributed by atoms with E-state index in [4.69, 9.17) is 4.74 Å². The average Bonchev–Trinajstić information content (AvgIpc) is 2.72. The van der Waals surface area contributed by atoms with Gasteiger partial charge in [0, 0.05) is 6.54 Å². The van der Waals surface area contributed by atoms with Gasteiger partial charge in [-0.2, -0.15) is 0 Å². The Morgan fingerprint density at radius 1 is 1.47 bits per heavy atom. The second-order valence-electron chi connectivity index (χ2n) is 3.93. The van der Waals surface area contributed by atoms with Crippen LogP contribution in [0.2, 0.25) is 0 Å². The van der Waals surface area contributed by atoms with Crippen molar-refractivity contribution >= 4 is 5.97 Å². The highest BCUT2D eigenvalue weighted by molar-refractivity contribution is 5.75. The number of hydrogen-bond acceptors (Lipinski definition) is 4. The lowest BCUT2D eigenvalue weighted by molar-refractivity contribution is -0.145. The molecule has 1 aliphatic heterocycles. The first-order valence-corrected chi connectivity index (χ1v) is 5.84. The number of nitrogens with one attached hydrogen (secondary N) is 1. The zero-order valence-corrected chi connectivity index (χ0v) is 9.79. The summed E-state index contributed by atoms with van der Waals surface area (Å²) in [6.07, 6.45) is 3.43. The van der Waals surface area contributed by atoms with Gasteiger partial charge in [0.25, 0.3) is 0 Å². The third-order valence-corrected chi connectivity index (χ3v) is 2.85. The summed E-state index contributed by atoms with van der Waals surface area (Å²) < 4.78 is 4.99. The lowest BCUT2D eigenvalue weighted by atomic mass is 10.2. The number of likely N-dealkylation sites (tertiary alicyclic amines) is 1. The van der Waals surface area contributed by atoms with E-state index >= 15 is 0 Å². The minimum atomic E-state index is -0.148. The lowest BCUT2D eigenvalue weighted by Gasteiger charge is -2.19. The molecule has 0 aliphatic carbocycles. The smallest absolute Gasteiger partial charge is 0.323 e. The van der Waals surface area contributed by atoms with Gasteiger partial charge in [-0.3, -0.25) is 4.79 Å². The first-order valence-electron chi connectivity index (χ1n) is 5.84. The number of ether oxygens (including phenoxy) is 1. The van der Waals surface area contributed by atoms with E-state index < -0.39 is 0 Å². The number of hydrogen-bond donors (Lipinski definition) is 1. The van der Waals surface area contributed by atoms with Crippen molar-refractivity contribution in [1.29, 1.82) is 0 Å². The molecule has 0 aromatic carbocycles. The normalized spacial score (nSPS) is 19.1. The zero-order valence-electron chi connectivity index (χ0n) is 9.79. The van der Waals surface area contributed by atoms with Gasteiger partial charge in [0.15, 0.2) is 0 Å². The topological polar surface area (TPSA) is 41.6 Å². The molecule has 0 aromatic heterocycles. The van der Waals surface area contributed by atoms with Crippen LogP contribution in [0.5, 0.6) is 0 Å². The quantitative estimate of drug-likeness (QED) is 0.658. The molecular weight excluding hydrogens is 192 g/mol. The highest BCUT2D eigenvalue weighted by atomic mass is 16.5. The molecule has 1 heterocycles. The van der Waals surface area contributed by atoms with Crippen LogP contribution < -0.4 is 5.32 Å². The molecule has 0 aromatic rings. The van der Waals surface area contributed by atoms with Crippen molar-refractivity contribution in [3.05, 3.63) is 0 Å². The fraction of sp³-hybridized carbons (Fsp3) is 0.909. The second kappa shape index (κ2) is 6.80. The van der Waals surface area contributed by atoms with E-state index in [1.165, 1.54) is 25.9 Å². The Morgan fingerprint density at radius 3 is 2.67 bits per heavy atom. The minimum absolute atomic E-state index is 0.126. The number of likely N-dealkylation sites (N-methyl/N-ethyl adjacent to an activating group) is 1. The standard InChI is InChI=1S/C11H22N2O2/c1-3-15-11(14)10(12-2)6-9-13-7-4-5-8-13/h10,12H,3-9H2,1-2H3. The summed E-state index contributed by atoms with van der Waals surface area (Å²) in [5.41, 5.74) is 0. The van der Waals surface area contributed by atoms with Crippen molar-refractivity contribution in [2.24, 2.45) is 0 Å². The molecule has 0 bridgehead atoms. The van der Waals surface area contributed by atoms with Crippen LogP contribution in [-0.4, -0.2) is 50.2 Å². The monoisotopic (exact) mass is 214 g/mol. The third-order valence-electron chi connectivity index (χ3n) is 2.85. The fourth-order valence-electron chi connectivity index (χ4n) is 1.94. The summed E-state index contributed by atoms with van der Waals surface area (Å²) in [5, 5.41) is 3.01. The molecule has 1 saturated heterocycles. The van der Waals surface area contributed by atoms with Crippen LogP contribution in [0.1, 0.15) is 26.2 Å². The van der Waals surface area contributed by atoms with Crippen LogP contribution in [0.4, 0.5) is 0 Å². The van der Waals surface area contributed by atoms with Gasteiger partial charge in [-0.15, -0.1) is 0 Å². The maximum atomic E-state index is 11.5. The number of carbonyl (C=O) groups is 1. The largest absolute Gasteiger partial charge is 0.465 e. The molecule has 1 fully saturated rings. The molecule has 0 spiro atoms. The maximum absolute atomic E-state index is 11.5. The number of esters is 1. The predicted octanol–water partition coefficient (Wildman–Crippen LogP) is 0.623. The number of carbonyl (C=O) groups excluding carboxylic acids is 1. The highest BCUT2D eigenvalue weighted by Crippen LogP contribution is 2.08. The van der Waals surface area contributed by atoms with Gasteiger partial charge in [-0.05, 0) is 46.3 Å². The Hall–Kier alpha value is -0.610. The van der Waals surface area contributed by atoms with E-state index in [1.54, 1.807) is 0 Å². The molecule has 1 rings (SSSR count). The van der Waals surface area contributed by atoms with Gasteiger partial charge < -0.3 is 15.0 Å². The predicted molar refractivity (Wildman–Crippen MR) is 59.8 cm³/mol. The van der Waals surface area contributed by atoms with Crippen molar-refractivity contribution in [3.63, 3.8) is 0 Å². The Labute approximate surface area is 92.0 Å². The number of nitrogens with zero attached hydrogens (tertiary/aromatic N) is 1. The molecule has 15 heavy (non-hydrogen) atoms. The minimum Gasteiger partial charge on any atom is -0.465 e. The zero-order chi connectivity index (χ0) is 11.1. The molecule has 1 atom stereocenters. The summed E-state index contributed by atoms with van der Waals surface area (Å²) in [6, 6.07) is -0.148. The highest BCUT2D eigenvalue weighted by Gasteiger charge is 2.19. The molecule has 0 radical (unpaired) electrons. The number of rotatable bonds is 6. The van der Waals surface area contributed by atoms with Crippen LogP contribution in [-0.2, 0) is 9.53 Å². The first kappa shape index (κ1) is 12.5. The SMILES string of the molecule is CCOC(=O)C(CCN1CCCC1)NC. The Morgan fingerprint density at radius 2 is 2.13 bits per heavy atom. The summed E-state index contributed by atoms with van der Waals surface area (Å²) in [4.78, 5) is 13.9. The van der Waals surface area contributed by atoms with Crippen LogP contribution in [0.25, 0.3) is 0 Å². The summed E-state index contributed by atoms with van der Waals surface area (Å²) in [7, 11) is 1.81. The van der Waals surface area contributed by atoms with Gasteiger partial charge >= 0.3 is 5.97 Å². The Balaban J connectivity index is 2.23. The molecule has 4 nitrogen and oxygen atoms in total. The molecule has 1 aliphatic rings. The van der Waals surface area contributed by atoms with E-state index in [0.29, 0.717) is 6.61 Å². The summed E-state index contributed by atoms with van der Waals surface area (Å²) in [6.45, 7) is 5.65. The van der Waals surface area contributed by atoms with Gasteiger partial charge in [-0.1, -0.05) is 0 Å². The van der Waals surface area contributed by atoms with E-state index in [2.05, 4.69) is 10.2 Å². The van der Waals surface area contributed by atoms with E-state index in [9.17, 15) is 4.79 Å². The summed E-state index contributed by atoms with van der Waals surface area (Å²) >= 11 is 0. The summed E-state index contributed by atoms with van der Waals surface area (Å²) in [5.74, 6) is -0.126. The molecule has 88 valence electrons. The van der Waals surface area contributed by atoms with Crippen LogP contribution in [0, 0.1) is 0 Å². The van der Waals surface area contributed by atoms with Crippen molar-refractivity contribution in [2.45, 2.75) is 32.2 Å². The van der Waals surface area contributed by atoms with Crippen molar-refractivity contribution in [3.8, 4) is 0 Å². The fourth-order valence-corrected chi connectivity index (χ4v) is 1.94. The molecule has 4 heteroatoms. The van der Waals surface area contributed by atoms with Crippen molar-refractivity contribution < 1.29 is 9.53 Å². The molecular formula is C11H22N2O2. The van der Waals surface area contributed by atoms with Gasteiger partial charge in [0.1, 0.15) is 6.04 Å². The molecule has 0 saturated carbocycles. The maximum Gasteiger partial charge on any atom is 0.323 e.